The van der Waals surface area contributed by atoms with E-state index in [0.29, 0.717) is 11.9 Å². The third kappa shape index (κ3) is 3.16. The van der Waals surface area contributed by atoms with Gasteiger partial charge in [-0.25, -0.2) is 9.97 Å². The number of likely N-dealkylation sites (tertiary alicyclic amines) is 1. The summed E-state index contributed by atoms with van der Waals surface area (Å²) >= 11 is 0. The molecule has 6 heteroatoms. The Labute approximate surface area is 148 Å². The van der Waals surface area contributed by atoms with Crippen LogP contribution in [-0.4, -0.2) is 51.3 Å². The standard InChI is InChI=1S/C19H26N4O2/c1-14-16(22-13-21-14)12-23-10-8-19(24-2)7-6-15(11-17(19)23)25-18-5-3-4-9-20-18/h3-5,9,13,15,17H,6-8,10-12H2,1-2H3,(H,21,22)/t15-,17+,19-/m1/s1. The summed E-state index contributed by atoms with van der Waals surface area (Å²) in [5.41, 5.74) is 2.22. The Morgan fingerprint density at radius 1 is 1.32 bits per heavy atom. The van der Waals surface area contributed by atoms with Crippen molar-refractivity contribution in [2.75, 3.05) is 13.7 Å². The minimum Gasteiger partial charge on any atom is -0.474 e. The van der Waals surface area contributed by atoms with Crippen molar-refractivity contribution >= 4 is 0 Å². The number of imidazole rings is 1. The quantitative estimate of drug-likeness (QED) is 0.905. The second-order valence-electron chi connectivity index (χ2n) is 7.16. The van der Waals surface area contributed by atoms with E-state index < -0.39 is 0 Å². The van der Waals surface area contributed by atoms with Gasteiger partial charge in [-0.3, -0.25) is 4.90 Å². The van der Waals surface area contributed by atoms with Gasteiger partial charge in [-0.15, -0.1) is 0 Å². The number of fused-ring (bicyclic) bond motifs is 1. The van der Waals surface area contributed by atoms with Crippen molar-refractivity contribution in [3.63, 3.8) is 0 Å². The van der Waals surface area contributed by atoms with Gasteiger partial charge in [0.25, 0.3) is 0 Å². The third-order valence-corrected chi connectivity index (χ3v) is 5.86. The van der Waals surface area contributed by atoms with E-state index in [0.717, 1.165) is 50.2 Å². The zero-order chi connectivity index (χ0) is 17.3. The van der Waals surface area contributed by atoms with Gasteiger partial charge in [-0.1, -0.05) is 6.07 Å². The van der Waals surface area contributed by atoms with Crippen LogP contribution < -0.4 is 4.74 Å². The molecule has 0 spiro atoms. The molecular weight excluding hydrogens is 316 g/mol. The normalized spacial score (nSPS) is 29.5. The number of hydrogen-bond donors (Lipinski definition) is 1. The number of rotatable bonds is 5. The number of methoxy groups -OCH3 is 1. The number of ether oxygens (including phenoxy) is 2. The van der Waals surface area contributed by atoms with E-state index in [1.807, 2.05) is 25.3 Å². The van der Waals surface area contributed by atoms with Crippen molar-refractivity contribution in [3.8, 4) is 5.88 Å². The maximum Gasteiger partial charge on any atom is 0.213 e. The minimum atomic E-state index is -0.0474. The van der Waals surface area contributed by atoms with Crippen molar-refractivity contribution < 1.29 is 9.47 Å². The van der Waals surface area contributed by atoms with Crippen molar-refractivity contribution in [1.29, 1.82) is 0 Å². The van der Waals surface area contributed by atoms with E-state index in [9.17, 15) is 0 Å². The average Bonchev–Trinajstić information content (AvgIpc) is 3.21. The van der Waals surface area contributed by atoms with Crippen LogP contribution >= 0.6 is 0 Å². The molecule has 0 bridgehead atoms. The van der Waals surface area contributed by atoms with Crippen LogP contribution in [-0.2, 0) is 11.3 Å². The Balaban J connectivity index is 1.49. The summed E-state index contributed by atoms with van der Waals surface area (Å²) in [5.74, 6) is 0.713. The lowest BCUT2D eigenvalue weighted by Crippen LogP contribution is -2.52. The van der Waals surface area contributed by atoms with Gasteiger partial charge in [-0.2, -0.15) is 0 Å². The molecule has 4 rings (SSSR count). The lowest BCUT2D eigenvalue weighted by Gasteiger charge is -2.43. The summed E-state index contributed by atoms with van der Waals surface area (Å²) < 4.78 is 12.2. The number of nitrogens with one attached hydrogen (secondary N) is 1. The van der Waals surface area contributed by atoms with Gasteiger partial charge in [0.1, 0.15) is 6.10 Å². The van der Waals surface area contributed by atoms with Gasteiger partial charge in [-0.05, 0) is 32.3 Å². The number of aromatic nitrogens is 3. The van der Waals surface area contributed by atoms with Gasteiger partial charge in [0, 0.05) is 50.6 Å². The first-order valence-electron chi connectivity index (χ1n) is 9.06. The van der Waals surface area contributed by atoms with Gasteiger partial charge in [0.15, 0.2) is 0 Å². The molecule has 0 radical (unpaired) electrons. The molecule has 1 N–H and O–H groups in total. The van der Waals surface area contributed by atoms with E-state index in [-0.39, 0.29) is 11.7 Å². The van der Waals surface area contributed by atoms with E-state index in [2.05, 4.69) is 26.8 Å². The summed E-state index contributed by atoms with van der Waals surface area (Å²) in [5, 5.41) is 0. The third-order valence-electron chi connectivity index (χ3n) is 5.86. The number of aryl methyl sites for hydroxylation is 1. The molecule has 0 amide bonds. The van der Waals surface area contributed by atoms with Crippen LogP contribution in [0, 0.1) is 6.92 Å². The Kier molecular flexibility index (Phi) is 4.48. The second kappa shape index (κ2) is 6.77. The number of nitrogens with zero attached hydrogens (tertiary/aromatic N) is 3. The molecule has 1 saturated heterocycles. The van der Waals surface area contributed by atoms with Crippen LogP contribution in [0.25, 0.3) is 0 Å². The molecule has 1 aliphatic heterocycles. The van der Waals surface area contributed by atoms with Crippen LogP contribution in [0.15, 0.2) is 30.7 Å². The van der Waals surface area contributed by atoms with Crippen molar-refractivity contribution in [1.82, 2.24) is 19.9 Å². The molecule has 3 heterocycles. The molecule has 2 aromatic heterocycles. The molecule has 25 heavy (non-hydrogen) atoms. The van der Waals surface area contributed by atoms with Crippen molar-refractivity contribution in [3.05, 3.63) is 42.1 Å². The number of hydrogen-bond acceptors (Lipinski definition) is 5. The molecule has 2 aliphatic rings. The maximum atomic E-state index is 6.15. The first-order chi connectivity index (χ1) is 12.2. The lowest BCUT2D eigenvalue weighted by molar-refractivity contribution is -0.0844. The second-order valence-corrected chi connectivity index (χ2v) is 7.16. The molecule has 0 aromatic carbocycles. The van der Waals surface area contributed by atoms with Gasteiger partial charge in [0.05, 0.1) is 17.6 Å². The Morgan fingerprint density at radius 2 is 2.24 bits per heavy atom. The summed E-state index contributed by atoms with van der Waals surface area (Å²) in [6.07, 6.45) is 7.82. The monoisotopic (exact) mass is 342 g/mol. The smallest absolute Gasteiger partial charge is 0.213 e. The molecule has 0 unspecified atom stereocenters. The Morgan fingerprint density at radius 3 is 2.96 bits per heavy atom. The van der Waals surface area contributed by atoms with Crippen LogP contribution in [0.4, 0.5) is 0 Å². The first kappa shape index (κ1) is 16.5. The zero-order valence-electron chi connectivity index (χ0n) is 14.9. The highest BCUT2D eigenvalue weighted by Crippen LogP contribution is 2.43. The average molecular weight is 342 g/mol. The molecule has 2 fully saturated rings. The van der Waals surface area contributed by atoms with Gasteiger partial charge >= 0.3 is 0 Å². The Hall–Kier alpha value is -1.92. The SMILES string of the molecule is CO[C@@]12CC[C@@H](Oc3ccccn3)C[C@@H]1N(Cc1nc[nH]c1C)CC2. The van der Waals surface area contributed by atoms with E-state index in [4.69, 9.17) is 9.47 Å². The van der Waals surface area contributed by atoms with Crippen LogP contribution in [0.5, 0.6) is 5.88 Å². The minimum absolute atomic E-state index is 0.0474. The topological polar surface area (TPSA) is 63.3 Å². The van der Waals surface area contributed by atoms with Crippen LogP contribution in [0.3, 0.4) is 0 Å². The summed E-state index contributed by atoms with van der Waals surface area (Å²) in [6.45, 7) is 3.98. The first-order valence-corrected chi connectivity index (χ1v) is 9.06. The fourth-order valence-corrected chi connectivity index (χ4v) is 4.38. The highest BCUT2D eigenvalue weighted by atomic mass is 16.5. The fraction of sp³-hybridized carbons (Fsp3) is 0.579. The highest BCUT2D eigenvalue weighted by Gasteiger charge is 2.51. The van der Waals surface area contributed by atoms with E-state index in [1.165, 1.54) is 0 Å². The molecule has 2 aromatic rings. The van der Waals surface area contributed by atoms with Crippen molar-refractivity contribution in [2.24, 2.45) is 0 Å². The largest absolute Gasteiger partial charge is 0.474 e. The highest BCUT2D eigenvalue weighted by molar-refractivity contribution is 5.14. The van der Waals surface area contributed by atoms with E-state index in [1.54, 1.807) is 12.5 Å². The Bertz CT molecular complexity index is 704. The molecule has 6 nitrogen and oxygen atoms in total. The van der Waals surface area contributed by atoms with Gasteiger partial charge < -0.3 is 14.5 Å². The fourth-order valence-electron chi connectivity index (χ4n) is 4.38. The molecule has 134 valence electrons. The molecule has 1 aliphatic carbocycles. The number of aromatic amines is 1. The summed E-state index contributed by atoms with van der Waals surface area (Å²) in [4.78, 5) is 14.5. The summed E-state index contributed by atoms with van der Waals surface area (Å²) in [7, 11) is 1.86. The number of H-pyrrole nitrogens is 1. The maximum absolute atomic E-state index is 6.15. The van der Waals surface area contributed by atoms with Gasteiger partial charge in [0.2, 0.25) is 5.88 Å². The summed E-state index contributed by atoms with van der Waals surface area (Å²) in [6, 6.07) is 6.16. The van der Waals surface area contributed by atoms with Crippen molar-refractivity contribution in [2.45, 2.75) is 56.9 Å². The predicted octanol–water partition coefficient (Wildman–Crippen LogP) is 2.70. The lowest BCUT2D eigenvalue weighted by atomic mass is 9.79. The van der Waals surface area contributed by atoms with E-state index >= 15 is 0 Å². The predicted molar refractivity (Wildman–Crippen MR) is 94.4 cm³/mol. The molecule has 1 saturated carbocycles. The molecular formula is C19H26N4O2. The van der Waals surface area contributed by atoms with Crippen LogP contribution in [0.1, 0.15) is 37.1 Å². The molecule has 3 atom stereocenters. The number of pyridine rings is 1. The van der Waals surface area contributed by atoms with Crippen LogP contribution in [0.2, 0.25) is 0 Å². The zero-order valence-corrected chi connectivity index (χ0v) is 14.9.